The van der Waals surface area contributed by atoms with Crippen LogP contribution in [0.3, 0.4) is 0 Å². The standard InChI is InChI=1S/C12H12BN3/c1-2-8-14(7-1)13(15-9-3-4-10-15)16-11-5-6-12-16/h1-12H. The highest BCUT2D eigenvalue weighted by Gasteiger charge is 2.20. The Labute approximate surface area is 94.7 Å². The Morgan fingerprint density at radius 3 is 0.938 bits per heavy atom. The van der Waals surface area contributed by atoms with Gasteiger partial charge in [-0.2, -0.15) is 0 Å². The van der Waals surface area contributed by atoms with Crippen molar-refractivity contribution in [3.05, 3.63) is 73.6 Å². The molecular weight excluding hydrogens is 197 g/mol. The zero-order valence-corrected chi connectivity index (χ0v) is 8.85. The highest BCUT2D eigenvalue weighted by molar-refractivity contribution is 6.53. The summed E-state index contributed by atoms with van der Waals surface area (Å²) in [5, 5.41) is 0. The van der Waals surface area contributed by atoms with Crippen molar-refractivity contribution < 1.29 is 0 Å². The van der Waals surface area contributed by atoms with E-state index in [-0.39, 0.29) is 7.12 Å². The normalized spacial score (nSPS) is 10.5. The fourth-order valence-electron chi connectivity index (χ4n) is 1.97. The zero-order chi connectivity index (χ0) is 10.8. The van der Waals surface area contributed by atoms with Crippen molar-refractivity contribution in [3.63, 3.8) is 0 Å². The SMILES string of the molecule is c1ccn(B(n2cccc2)n2cccc2)c1. The number of hydrogen-bond acceptors (Lipinski definition) is 0. The molecule has 0 bridgehead atoms. The predicted molar refractivity (Wildman–Crippen MR) is 65.2 cm³/mol. The smallest absolute Gasteiger partial charge is 0.358 e. The summed E-state index contributed by atoms with van der Waals surface area (Å²) in [7, 11) is 0.139. The van der Waals surface area contributed by atoms with Gasteiger partial charge in [-0.3, -0.25) is 0 Å². The van der Waals surface area contributed by atoms with E-state index in [1.807, 2.05) is 36.4 Å². The molecule has 0 amide bonds. The fourth-order valence-corrected chi connectivity index (χ4v) is 1.97. The van der Waals surface area contributed by atoms with Gasteiger partial charge in [0.05, 0.1) is 0 Å². The fraction of sp³-hybridized carbons (Fsp3) is 0. The van der Waals surface area contributed by atoms with E-state index in [1.54, 1.807) is 0 Å². The quantitative estimate of drug-likeness (QED) is 0.586. The van der Waals surface area contributed by atoms with Crippen LogP contribution in [0.2, 0.25) is 0 Å². The molecule has 0 aliphatic heterocycles. The van der Waals surface area contributed by atoms with Crippen molar-refractivity contribution in [2.24, 2.45) is 0 Å². The van der Waals surface area contributed by atoms with Crippen LogP contribution in [0.1, 0.15) is 0 Å². The van der Waals surface area contributed by atoms with Crippen molar-refractivity contribution in [2.75, 3.05) is 0 Å². The molecule has 0 unspecified atom stereocenters. The summed E-state index contributed by atoms with van der Waals surface area (Å²) in [5.74, 6) is 0. The van der Waals surface area contributed by atoms with E-state index in [0.717, 1.165) is 0 Å². The van der Waals surface area contributed by atoms with Gasteiger partial charge in [0.2, 0.25) is 0 Å². The van der Waals surface area contributed by atoms with Crippen molar-refractivity contribution in [1.29, 1.82) is 0 Å². The van der Waals surface area contributed by atoms with Crippen molar-refractivity contribution in [1.82, 2.24) is 13.4 Å². The minimum atomic E-state index is 0.139. The summed E-state index contributed by atoms with van der Waals surface area (Å²) in [6.45, 7) is 0. The van der Waals surface area contributed by atoms with Crippen LogP contribution >= 0.6 is 0 Å². The Kier molecular flexibility index (Phi) is 2.18. The average molecular weight is 209 g/mol. The highest BCUT2D eigenvalue weighted by Crippen LogP contribution is 2.03. The lowest BCUT2D eigenvalue weighted by molar-refractivity contribution is 0.965. The molecule has 0 aromatic carbocycles. The Morgan fingerprint density at radius 2 is 0.688 bits per heavy atom. The molecule has 0 spiro atoms. The highest BCUT2D eigenvalue weighted by atomic mass is 15.2. The minimum Gasteiger partial charge on any atom is -0.358 e. The van der Waals surface area contributed by atoms with Gasteiger partial charge in [-0.15, -0.1) is 0 Å². The second kappa shape index (κ2) is 3.81. The molecular formula is C12H12BN3. The first kappa shape index (κ1) is 9.15. The number of rotatable bonds is 3. The summed E-state index contributed by atoms with van der Waals surface area (Å²) < 4.78 is 6.50. The van der Waals surface area contributed by atoms with E-state index in [1.165, 1.54) is 0 Å². The molecule has 0 N–H and O–H groups in total. The lowest BCUT2D eigenvalue weighted by atomic mass is 9.92. The zero-order valence-electron chi connectivity index (χ0n) is 8.85. The molecule has 3 aromatic rings. The van der Waals surface area contributed by atoms with Gasteiger partial charge in [0.1, 0.15) is 0 Å². The molecule has 0 saturated heterocycles. The van der Waals surface area contributed by atoms with Gasteiger partial charge in [0, 0.05) is 0 Å². The minimum absolute atomic E-state index is 0.139. The van der Waals surface area contributed by atoms with Crippen LogP contribution in [0.25, 0.3) is 0 Å². The first-order valence-corrected chi connectivity index (χ1v) is 5.32. The lowest BCUT2D eigenvalue weighted by Gasteiger charge is -2.16. The van der Waals surface area contributed by atoms with Gasteiger partial charge < -0.3 is 13.4 Å². The molecule has 3 aromatic heterocycles. The van der Waals surface area contributed by atoms with Crippen LogP contribution in [0, 0.1) is 0 Å². The molecule has 0 radical (unpaired) electrons. The third-order valence-electron chi connectivity index (χ3n) is 2.68. The van der Waals surface area contributed by atoms with Gasteiger partial charge in [0.15, 0.2) is 0 Å². The number of aromatic nitrogens is 3. The Morgan fingerprint density at radius 1 is 0.438 bits per heavy atom. The number of nitrogens with zero attached hydrogens (tertiary/aromatic N) is 3. The molecule has 3 rings (SSSR count). The summed E-state index contributed by atoms with van der Waals surface area (Å²) in [6, 6.07) is 12.2. The van der Waals surface area contributed by atoms with Gasteiger partial charge in [-0.1, -0.05) is 0 Å². The third kappa shape index (κ3) is 1.48. The summed E-state index contributed by atoms with van der Waals surface area (Å²) in [4.78, 5) is 0. The Hall–Kier alpha value is -2.10. The van der Waals surface area contributed by atoms with Crippen LogP contribution < -0.4 is 0 Å². The van der Waals surface area contributed by atoms with Gasteiger partial charge in [0.25, 0.3) is 0 Å². The average Bonchev–Trinajstić information content (AvgIpc) is 3.02. The molecule has 16 heavy (non-hydrogen) atoms. The van der Waals surface area contributed by atoms with Crippen molar-refractivity contribution in [3.8, 4) is 0 Å². The van der Waals surface area contributed by atoms with E-state index in [0.29, 0.717) is 0 Å². The van der Waals surface area contributed by atoms with Gasteiger partial charge in [-0.05, 0) is 73.6 Å². The second-order valence-corrected chi connectivity index (χ2v) is 3.74. The molecule has 0 aliphatic rings. The monoisotopic (exact) mass is 209 g/mol. The number of hydrogen-bond donors (Lipinski definition) is 0. The maximum atomic E-state index is 2.17. The van der Waals surface area contributed by atoms with Crippen molar-refractivity contribution in [2.45, 2.75) is 0 Å². The van der Waals surface area contributed by atoms with Crippen LogP contribution in [-0.4, -0.2) is 20.6 Å². The molecule has 4 heteroatoms. The molecule has 0 saturated carbocycles. The maximum absolute atomic E-state index is 2.17. The lowest BCUT2D eigenvalue weighted by Crippen LogP contribution is -2.39. The topological polar surface area (TPSA) is 14.8 Å². The van der Waals surface area contributed by atoms with E-state index >= 15 is 0 Å². The van der Waals surface area contributed by atoms with Gasteiger partial charge in [-0.25, -0.2) is 0 Å². The Balaban J connectivity index is 2.09. The van der Waals surface area contributed by atoms with Crippen LogP contribution in [-0.2, 0) is 0 Å². The largest absolute Gasteiger partial charge is 0.516 e. The van der Waals surface area contributed by atoms with E-state index in [9.17, 15) is 0 Å². The van der Waals surface area contributed by atoms with Crippen LogP contribution in [0.15, 0.2) is 73.6 Å². The van der Waals surface area contributed by atoms with Crippen LogP contribution in [0.4, 0.5) is 0 Å². The first-order valence-electron chi connectivity index (χ1n) is 5.32. The Bertz CT molecular complexity index is 441. The van der Waals surface area contributed by atoms with Crippen LogP contribution in [0.5, 0.6) is 0 Å². The maximum Gasteiger partial charge on any atom is 0.516 e. The third-order valence-corrected chi connectivity index (χ3v) is 2.68. The summed E-state index contributed by atoms with van der Waals surface area (Å²) in [6.07, 6.45) is 12.4. The van der Waals surface area contributed by atoms with E-state index < -0.39 is 0 Å². The second-order valence-electron chi connectivity index (χ2n) is 3.74. The van der Waals surface area contributed by atoms with Crippen molar-refractivity contribution >= 4 is 7.12 Å². The van der Waals surface area contributed by atoms with Gasteiger partial charge >= 0.3 is 7.12 Å². The molecule has 3 nitrogen and oxygen atoms in total. The molecule has 78 valence electrons. The predicted octanol–water partition coefficient (Wildman–Crippen LogP) is 2.02. The molecule has 0 atom stereocenters. The van der Waals surface area contributed by atoms with E-state index in [4.69, 9.17) is 0 Å². The molecule has 0 fully saturated rings. The summed E-state index contributed by atoms with van der Waals surface area (Å²) in [5.41, 5.74) is 0. The van der Waals surface area contributed by atoms with E-state index in [2.05, 4.69) is 50.6 Å². The first-order chi connectivity index (χ1) is 7.95. The molecule has 0 aliphatic carbocycles. The molecule has 3 heterocycles. The summed E-state index contributed by atoms with van der Waals surface area (Å²) >= 11 is 0.